The Hall–Kier alpha value is -3.02. The van der Waals surface area contributed by atoms with Gasteiger partial charge in [0.25, 0.3) is 11.8 Å². The van der Waals surface area contributed by atoms with Gasteiger partial charge < -0.3 is 0 Å². The molecule has 5 nitrogen and oxygen atoms in total. The summed E-state index contributed by atoms with van der Waals surface area (Å²) in [5, 5.41) is 0. The molecule has 1 aromatic heterocycles. The molecule has 0 aliphatic carbocycles. The van der Waals surface area contributed by atoms with E-state index in [4.69, 9.17) is 0 Å². The predicted octanol–water partition coefficient (Wildman–Crippen LogP) is 2.23. The van der Waals surface area contributed by atoms with Crippen molar-refractivity contribution >= 4 is 28.5 Å². The first kappa shape index (κ1) is 12.7. The fraction of sp³-hybridized carbons (Fsp3) is 0.0625. The number of rotatable bonds is 1. The van der Waals surface area contributed by atoms with Gasteiger partial charge in [-0.2, -0.15) is 0 Å². The lowest BCUT2D eigenvalue weighted by atomic mass is 10.1. The summed E-state index contributed by atoms with van der Waals surface area (Å²) < 4.78 is 13.8. The molecule has 0 spiro atoms. The highest BCUT2D eigenvalue weighted by Gasteiger charge is 2.39. The zero-order chi connectivity index (χ0) is 15.4. The molecular weight excluding hydrogens is 285 g/mol. The highest BCUT2D eigenvalue weighted by Crippen LogP contribution is 2.30. The number of carbonyl (C=O) groups excluding carboxylic acids is 2. The molecule has 0 saturated carbocycles. The van der Waals surface area contributed by atoms with Crippen molar-refractivity contribution in [1.29, 1.82) is 0 Å². The Labute approximate surface area is 124 Å². The molecule has 0 radical (unpaired) electrons. The van der Waals surface area contributed by atoms with Crippen LogP contribution in [0.4, 0.5) is 10.1 Å². The van der Waals surface area contributed by atoms with E-state index >= 15 is 0 Å². The van der Waals surface area contributed by atoms with Gasteiger partial charge in [0.15, 0.2) is 11.0 Å². The second-order valence-corrected chi connectivity index (χ2v) is 5.21. The van der Waals surface area contributed by atoms with Gasteiger partial charge in [-0.3, -0.25) is 9.59 Å². The molecule has 0 bridgehead atoms. The number of aryl methyl sites for hydroxylation is 1. The van der Waals surface area contributed by atoms with Crippen LogP contribution in [0.5, 0.6) is 0 Å². The third-order valence-corrected chi connectivity index (χ3v) is 3.77. The van der Waals surface area contributed by atoms with E-state index in [1.54, 1.807) is 18.2 Å². The average Bonchev–Trinajstić information content (AvgIpc) is 2.97. The van der Waals surface area contributed by atoms with Gasteiger partial charge in [0.05, 0.1) is 16.8 Å². The minimum Gasteiger partial charge on any atom is -0.268 e. The number of amides is 2. The predicted molar refractivity (Wildman–Crippen MR) is 77.1 cm³/mol. The smallest absolute Gasteiger partial charge is 0.268 e. The highest BCUT2D eigenvalue weighted by atomic mass is 19.1. The van der Waals surface area contributed by atoms with Crippen LogP contribution in [0.1, 0.15) is 26.5 Å². The van der Waals surface area contributed by atoms with E-state index in [9.17, 15) is 14.0 Å². The quantitative estimate of drug-likeness (QED) is 0.700. The summed E-state index contributed by atoms with van der Waals surface area (Å²) in [6.07, 6.45) is 0. The monoisotopic (exact) mass is 296 g/mol. The van der Waals surface area contributed by atoms with Crippen LogP contribution in [0.25, 0.3) is 11.0 Å². The van der Waals surface area contributed by atoms with Gasteiger partial charge in [-0.15, -0.1) is 0 Å². The lowest BCUT2D eigenvalue weighted by Gasteiger charge is -2.12. The van der Waals surface area contributed by atoms with E-state index in [1.165, 1.54) is 18.2 Å². The molecule has 0 saturated heterocycles. The van der Waals surface area contributed by atoms with Gasteiger partial charge in [-0.25, -0.2) is 19.3 Å². The number of H-pyrrole nitrogens is 2. The van der Waals surface area contributed by atoms with Gasteiger partial charge in [0, 0.05) is 13.0 Å². The number of halogens is 1. The van der Waals surface area contributed by atoms with Gasteiger partial charge in [-0.1, -0.05) is 6.07 Å². The summed E-state index contributed by atoms with van der Waals surface area (Å²) in [6.45, 7) is 1.87. The maximum Gasteiger partial charge on any atom is 0.269 e. The Bertz CT molecular complexity index is 961. The fourth-order valence-corrected chi connectivity index (χ4v) is 2.80. The fourth-order valence-electron chi connectivity index (χ4n) is 2.80. The van der Waals surface area contributed by atoms with E-state index in [0.29, 0.717) is 5.69 Å². The molecule has 108 valence electrons. The topological polar surface area (TPSA) is 67.3 Å². The number of aromatic nitrogens is 2. The van der Waals surface area contributed by atoms with Crippen molar-refractivity contribution in [2.45, 2.75) is 6.92 Å². The number of fused-ring (bicyclic) bond motifs is 2. The van der Waals surface area contributed by atoms with Gasteiger partial charge in [0.1, 0.15) is 5.82 Å². The summed E-state index contributed by atoms with van der Waals surface area (Å²) in [5.74, 6) is -0.958. The van der Waals surface area contributed by atoms with Crippen LogP contribution in [0.15, 0.2) is 36.4 Å². The molecule has 0 atom stereocenters. The second-order valence-electron chi connectivity index (χ2n) is 5.21. The van der Waals surface area contributed by atoms with Crippen molar-refractivity contribution in [2.24, 2.45) is 0 Å². The van der Waals surface area contributed by atoms with Crippen molar-refractivity contribution in [3.05, 3.63) is 59.2 Å². The zero-order valence-electron chi connectivity index (χ0n) is 11.6. The number of carbonyl (C=O) groups is 2. The van der Waals surface area contributed by atoms with E-state index in [2.05, 4.69) is 9.97 Å². The van der Waals surface area contributed by atoms with Crippen molar-refractivity contribution < 1.29 is 19.0 Å². The van der Waals surface area contributed by atoms with Crippen LogP contribution in [0.2, 0.25) is 0 Å². The summed E-state index contributed by atoms with van der Waals surface area (Å²) >= 11 is 0. The molecule has 1 aliphatic heterocycles. The number of benzene rings is 2. The van der Waals surface area contributed by atoms with Crippen molar-refractivity contribution in [3.8, 4) is 0 Å². The van der Waals surface area contributed by atoms with Crippen molar-refractivity contribution in [1.82, 2.24) is 4.98 Å². The van der Waals surface area contributed by atoms with E-state index < -0.39 is 17.6 Å². The van der Waals surface area contributed by atoms with E-state index in [-0.39, 0.29) is 11.1 Å². The molecule has 2 N–H and O–H groups in total. The maximum absolute atomic E-state index is 13.8. The first-order valence-corrected chi connectivity index (χ1v) is 6.75. The molecule has 22 heavy (non-hydrogen) atoms. The number of nitrogens with zero attached hydrogens (tertiary/aromatic N) is 1. The summed E-state index contributed by atoms with van der Waals surface area (Å²) in [6, 6.07) is 9.19. The van der Waals surface area contributed by atoms with E-state index in [0.717, 1.165) is 21.8 Å². The standard InChI is InChI=1S/C16H10FN3O2/c1-8-18-12-6-5-9(7-13(12)19-8)20-15(21)10-3-2-4-11(17)14(10)16(20)22/h2-7H,1H3,(H,18,19)/p+1. The zero-order valence-corrected chi connectivity index (χ0v) is 11.6. The van der Waals surface area contributed by atoms with Crippen molar-refractivity contribution in [2.75, 3.05) is 4.90 Å². The largest absolute Gasteiger partial charge is 0.269 e. The van der Waals surface area contributed by atoms with Gasteiger partial charge >= 0.3 is 0 Å². The number of hydrogen-bond donors (Lipinski definition) is 1. The number of aromatic amines is 2. The Morgan fingerprint density at radius 2 is 1.95 bits per heavy atom. The molecule has 2 heterocycles. The number of imide groups is 1. The summed E-state index contributed by atoms with van der Waals surface area (Å²) in [4.78, 5) is 32.1. The minimum absolute atomic E-state index is 0.0966. The summed E-state index contributed by atoms with van der Waals surface area (Å²) in [7, 11) is 0. The first-order chi connectivity index (χ1) is 10.6. The molecule has 0 fully saturated rings. The Kier molecular flexibility index (Phi) is 2.45. The number of hydrogen-bond acceptors (Lipinski definition) is 2. The molecule has 4 rings (SSSR count). The normalized spacial score (nSPS) is 14.0. The van der Waals surface area contributed by atoms with Crippen LogP contribution in [0, 0.1) is 12.7 Å². The lowest BCUT2D eigenvalue weighted by Crippen LogP contribution is -2.29. The van der Waals surface area contributed by atoms with Crippen LogP contribution >= 0.6 is 0 Å². The maximum atomic E-state index is 13.8. The molecule has 1 aliphatic rings. The minimum atomic E-state index is -0.677. The van der Waals surface area contributed by atoms with Crippen LogP contribution in [0.3, 0.4) is 0 Å². The SMILES string of the molecule is Cc1[nH]c2cc(N3C(=O)c4cccc(F)c4C3=O)ccc2[nH+]1. The highest BCUT2D eigenvalue weighted by molar-refractivity contribution is 6.34. The van der Waals surface area contributed by atoms with Crippen LogP contribution < -0.4 is 9.88 Å². The van der Waals surface area contributed by atoms with Crippen molar-refractivity contribution in [3.63, 3.8) is 0 Å². The average molecular weight is 296 g/mol. The first-order valence-electron chi connectivity index (χ1n) is 6.75. The molecule has 2 aromatic carbocycles. The second kappa shape index (κ2) is 4.24. The van der Waals surface area contributed by atoms with Crippen LogP contribution in [-0.4, -0.2) is 16.8 Å². The molecule has 2 amide bonds. The number of nitrogens with one attached hydrogen (secondary N) is 2. The third kappa shape index (κ3) is 1.60. The Morgan fingerprint density at radius 1 is 1.14 bits per heavy atom. The molecule has 0 unspecified atom stereocenters. The molecular formula is C16H11FN3O2+. The lowest BCUT2D eigenvalue weighted by molar-refractivity contribution is -0.354. The number of imidazole rings is 1. The Morgan fingerprint density at radius 3 is 2.73 bits per heavy atom. The van der Waals surface area contributed by atoms with Gasteiger partial charge in [-0.05, 0) is 24.3 Å². The summed E-state index contributed by atoms with van der Waals surface area (Å²) in [5.41, 5.74) is 1.98. The number of anilines is 1. The van der Waals surface area contributed by atoms with Crippen LogP contribution in [-0.2, 0) is 0 Å². The molecule has 6 heteroatoms. The molecule has 3 aromatic rings. The Balaban J connectivity index is 1.87. The van der Waals surface area contributed by atoms with E-state index in [1.807, 2.05) is 6.92 Å². The third-order valence-electron chi connectivity index (χ3n) is 3.77. The van der Waals surface area contributed by atoms with Gasteiger partial charge in [0.2, 0.25) is 5.82 Å².